The van der Waals surface area contributed by atoms with Crippen LogP contribution in [0.5, 0.6) is 0 Å². The summed E-state index contributed by atoms with van der Waals surface area (Å²) in [6.07, 6.45) is 11.2. The van der Waals surface area contributed by atoms with Crippen LogP contribution in [0.1, 0.15) is 88.7 Å². The molecule has 0 radical (unpaired) electrons. The largest absolute Gasteiger partial charge is 0.419 e. The quantitative estimate of drug-likeness (QED) is 0.226. The highest BCUT2D eigenvalue weighted by Gasteiger charge is 2.21. The van der Waals surface area contributed by atoms with Crippen molar-refractivity contribution in [3.63, 3.8) is 0 Å². The zero-order valence-electron chi connectivity index (χ0n) is 18.3. The molecule has 0 N–H and O–H groups in total. The number of aryl methyl sites for hydroxylation is 1. The second-order valence-electron chi connectivity index (χ2n) is 9.23. The minimum Gasteiger partial charge on any atom is -0.419 e. The maximum atomic E-state index is 15.1. The average molecular weight is 409 g/mol. The van der Waals surface area contributed by atoms with E-state index in [9.17, 15) is 4.79 Å². The van der Waals surface area contributed by atoms with E-state index >= 15 is 4.39 Å². The van der Waals surface area contributed by atoms with Crippen molar-refractivity contribution in [3.8, 4) is 0 Å². The fourth-order valence-electron chi connectivity index (χ4n) is 4.98. The molecule has 1 fully saturated rings. The monoisotopic (exact) mass is 408 g/mol. The first-order valence-electron chi connectivity index (χ1n) is 11.8. The summed E-state index contributed by atoms with van der Waals surface area (Å²) in [5.41, 5.74) is 1.54. The third-order valence-corrected chi connectivity index (χ3v) is 6.96. The maximum absolute atomic E-state index is 15.1. The van der Waals surface area contributed by atoms with Gasteiger partial charge in [0, 0.05) is 10.8 Å². The fraction of sp³-hybridized carbons (Fsp3) is 0.519. The summed E-state index contributed by atoms with van der Waals surface area (Å²) < 4.78 is 20.6. The molecule has 2 aromatic carbocycles. The molecule has 1 heterocycles. The van der Waals surface area contributed by atoms with Crippen molar-refractivity contribution in [3.05, 3.63) is 57.7 Å². The van der Waals surface area contributed by atoms with Crippen LogP contribution >= 0.6 is 0 Å². The summed E-state index contributed by atoms with van der Waals surface area (Å²) in [6, 6.07) is 9.90. The Morgan fingerprint density at radius 3 is 2.43 bits per heavy atom. The van der Waals surface area contributed by atoms with Gasteiger partial charge in [0.05, 0.1) is 5.39 Å². The van der Waals surface area contributed by atoms with Crippen molar-refractivity contribution in [2.24, 2.45) is 5.92 Å². The number of benzene rings is 2. The van der Waals surface area contributed by atoms with E-state index in [0.717, 1.165) is 24.1 Å². The molecule has 0 atom stereocenters. The molecule has 0 unspecified atom stereocenters. The number of hydrogen-bond acceptors (Lipinski definition) is 2. The first-order valence-corrected chi connectivity index (χ1v) is 11.8. The number of hydrogen-bond donors (Lipinski definition) is 0. The normalized spacial score (nSPS) is 19.6. The molecule has 0 amide bonds. The molecule has 1 aliphatic carbocycles. The number of rotatable bonds is 7. The van der Waals surface area contributed by atoms with Gasteiger partial charge in [0.2, 0.25) is 0 Å². The molecule has 0 saturated heterocycles. The molecule has 30 heavy (non-hydrogen) atoms. The van der Waals surface area contributed by atoms with E-state index in [1.165, 1.54) is 50.5 Å². The summed E-state index contributed by atoms with van der Waals surface area (Å²) in [4.78, 5) is 12.7. The molecule has 3 aromatic rings. The van der Waals surface area contributed by atoms with Gasteiger partial charge in [-0.2, -0.15) is 0 Å². The van der Waals surface area contributed by atoms with Gasteiger partial charge in [-0.25, -0.2) is 9.18 Å². The second kappa shape index (κ2) is 9.32. The number of fused-ring (bicyclic) bond motifs is 3. The molecule has 4 rings (SSSR count). The molecular weight excluding hydrogens is 375 g/mol. The van der Waals surface area contributed by atoms with E-state index in [-0.39, 0.29) is 11.4 Å². The zero-order valence-corrected chi connectivity index (χ0v) is 18.3. The van der Waals surface area contributed by atoms with Gasteiger partial charge in [-0.15, -0.1) is 0 Å². The van der Waals surface area contributed by atoms with E-state index in [2.05, 4.69) is 19.9 Å². The molecule has 0 spiro atoms. The lowest BCUT2D eigenvalue weighted by molar-refractivity contribution is 0.348. The predicted octanol–water partition coefficient (Wildman–Crippen LogP) is 7.89. The highest BCUT2D eigenvalue weighted by Crippen LogP contribution is 2.37. The molecule has 3 heteroatoms. The Morgan fingerprint density at radius 1 is 0.933 bits per heavy atom. The number of halogens is 1. The van der Waals surface area contributed by atoms with Crippen molar-refractivity contribution in [1.29, 1.82) is 0 Å². The van der Waals surface area contributed by atoms with Crippen molar-refractivity contribution >= 4 is 21.7 Å². The van der Waals surface area contributed by atoms with E-state index in [0.29, 0.717) is 28.7 Å². The van der Waals surface area contributed by atoms with Gasteiger partial charge in [-0.05, 0) is 54.7 Å². The van der Waals surface area contributed by atoms with E-state index in [4.69, 9.17) is 4.42 Å². The van der Waals surface area contributed by atoms with Crippen LogP contribution in [0.15, 0.2) is 39.5 Å². The van der Waals surface area contributed by atoms with Crippen LogP contribution < -0.4 is 5.63 Å². The molecule has 2 nitrogen and oxygen atoms in total. The minimum atomic E-state index is -0.428. The Morgan fingerprint density at radius 2 is 1.67 bits per heavy atom. The van der Waals surface area contributed by atoms with E-state index in [1.807, 2.05) is 24.3 Å². The van der Waals surface area contributed by atoms with Crippen LogP contribution in [-0.2, 0) is 6.42 Å². The van der Waals surface area contributed by atoms with E-state index < -0.39 is 5.63 Å². The van der Waals surface area contributed by atoms with Gasteiger partial charge in [0.15, 0.2) is 11.4 Å². The van der Waals surface area contributed by atoms with Gasteiger partial charge in [0.25, 0.3) is 0 Å². The summed E-state index contributed by atoms with van der Waals surface area (Å²) >= 11 is 0. The summed E-state index contributed by atoms with van der Waals surface area (Å²) in [5, 5.41) is 2.06. The highest BCUT2D eigenvalue weighted by atomic mass is 19.1. The van der Waals surface area contributed by atoms with Crippen LogP contribution in [0.25, 0.3) is 21.7 Å². The third kappa shape index (κ3) is 4.31. The standard InChI is InChI=1S/C27H33FO2/c1-3-4-5-6-7-8-20-13-16-23-22-15-14-21(19-11-9-18(2)10-12-19)17-24(22)27(29)30-26(23)25(20)28/h13-19H,3-12H2,1-2H3. The lowest BCUT2D eigenvalue weighted by atomic mass is 9.79. The van der Waals surface area contributed by atoms with Gasteiger partial charge < -0.3 is 4.42 Å². The van der Waals surface area contributed by atoms with Crippen molar-refractivity contribution in [2.45, 2.75) is 84.0 Å². The van der Waals surface area contributed by atoms with Crippen LogP contribution in [-0.4, -0.2) is 0 Å². The SMILES string of the molecule is CCCCCCCc1ccc2c(oc(=O)c3cc(C4CCC(C)CC4)ccc32)c1F. The Balaban J connectivity index is 1.64. The molecular formula is C27H33FO2. The van der Waals surface area contributed by atoms with Gasteiger partial charge in [-0.3, -0.25) is 0 Å². The summed E-state index contributed by atoms with van der Waals surface area (Å²) in [5.74, 6) is 0.930. The Bertz CT molecular complexity index is 1070. The predicted molar refractivity (Wildman–Crippen MR) is 123 cm³/mol. The average Bonchev–Trinajstić information content (AvgIpc) is 2.76. The zero-order chi connectivity index (χ0) is 21.1. The molecule has 0 bridgehead atoms. The Kier molecular flexibility index (Phi) is 6.55. The smallest absolute Gasteiger partial charge is 0.344 e. The van der Waals surface area contributed by atoms with Crippen molar-refractivity contribution in [1.82, 2.24) is 0 Å². The van der Waals surface area contributed by atoms with Crippen LogP contribution in [0.2, 0.25) is 0 Å². The topological polar surface area (TPSA) is 30.2 Å². The molecule has 160 valence electrons. The van der Waals surface area contributed by atoms with Crippen LogP contribution in [0.3, 0.4) is 0 Å². The Hall–Kier alpha value is -2.16. The molecule has 1 saturated carbocycles. The first-order chi connectivity index (χ1) is 14.6. The highest BCUT2D eigenvalue weighted by molar-refractivity contribution is 6.04. The molecule has 1 aliphatic rings. The van der Waals surface area contributed by atoms with Crippen LogP contribution in [0, 0.1) is 11.7 Å². The second-order valence-corrected chi connectivity index (χ2v) is 9.23. The summed E-state index contributed by atoms with van der Waals surface area (Å²) in [6.45, 7) is 4.50. The fourth-order valence-corrected chi connectivity index (χ4v) is 4.98. The molecule has 0 aliphatic heterocycles. The van der Waals surface area contributed by atoms with Crippen LogP contribution in [0.4, 0.5) is 4.39 Å². The number of unbranched alkanes of at least 4 members (excludes halogenated alkanes) is 4. The van der Waals surface area contributed by atoms with Gasteiger partial charge in [-0.1, -0.05) is 76.6 Å². The lowest BCUT2D eigenvalue weighted by Gasteiger charge is -2.26. The lowest BCUT2D eigenvalue weighted by Crippen LogP contribution is -2.11. The first kappa shape index (κ1) is 21.1. The molecule has 1 aromatic heterocycles. The van der Waals surface area contributed by atoms with E-state index in [1.54, 1.807) is 0 Å². The maximum Gasteiger partial charge on any atom is 0.344 e. The Labute approximate surface area is 178 Å². The third-order valence-electron chi connectivity index (χ3n) is 6.96. The minimum absolute atomic E-state index is 0.109. The van der Waals surface area contributed by atoms with Crippen molar-refractivity contribution in [2.75, 3.05) is 0 Å². The summed E-state index contributed by atoms with van der Waals surface area (Å²) in [7, 11) is 0. The van der Waals surface area contributed by atoms with Gasteiger partial charge in [0.1, 0.15) is 0 Å². The van der Waals surface area contributed by atoms with Gasteiger partial charge >= 0.3 is 5.63 Å². The van der Waals surface area contributed by atoms with Crippen molar-refractivity contribution < 1.29 is 8.81 Å².